The zero-order valence-corrected chi connectivity index (χ0v) is 10.1. The predicted octanol–water partition coefficient (Wildman–Crippen LogP) is -0.857. The fraction of sp³-hybridized carbons (Fsp3) is 0.818. The second-order valence-electron chi connectivity index (χ2n) is 5.15. The average Bonchev–Trinajstić information content (AvgIpc) is 2.57. The molecule has 2 aliphatic heterocycles. The van der Waals surface area contributed by atoms with Crippen LogP contribution in [0.1, 0.15) is 6.92 Å². The van der Waals surface area contributed by atoms with E-state index in [9.17, 15) is 9.59 Å². The average molecular weight is 225 g/mol. The van der Waals surface area contributed by atoms with Gasteiger partial charge in [0, 0.05) is 52.6 Å². The molecule has 2 amide bonds. The van der Waals surface area contributed by atoms with E-state index in [-0.39, 0.29) is 23.1 Å². The minimum atomic E-state index is -0.00692. The Kier molecular flexibility index (Phi) is 2.66. The number of likely N-dealkylation sites (tertiary alicyclic amines) is 1. The lowest BCUT2D eigenvalue weighted by atomic mass is 9.71. The van der Waals surface area contributed by atoms with Crippen LogP contribution in [-0.4, -0.2) is 61.9 Å². The highest BCUT2D eigenvalue weighted by molar-refractivity contribution is 5.81. The van der Waals surface area contributed by atoms with Crippen LogP contribution in [0.3, 0.4) is 0 Å². The standard InChI is InChI=1S/C11H19N3O2/c1-8(15)14-6-11(7-14)5-12-4-9(11)10(16)13(2)3/h9,12H,4-7H2,1-3H3/t9-/m1/s1. The smallest absolute Gasteiger partial charge is 0.227 e. The molecule has 5 nitrogen and oxygen atoms in total. The summed E-state index contributed by atoms with van der Waals surface area (Å²) in [5.74, 6) is 0.305. The van der Waals surface area contributed by atoms with Crippen molar-refractivity contribution in [1.29, 1.82) is 0 Å². The first-order valence-electron chi connectivity index (χ1n) is 5.64. The summed E-state index contributed by atoms with van der Waals surface area (Å²) in [5.41, 5.74) is -0.00692. The molecular formula is C11H19N3O2. The van der Waals surface area contributed by atoms with Gasteiger partial charge in [-0.2, -0.15) is 0 Å². The lowest BCUT2D eigenvalue weighted by Crippen LogP contribution is -2.63. The van der Waals surface area contributed by atoms with Crippen molar-refractivity contribution < 1.29 is 9.59 Å². The first-order valence-corrected chi connectivity index (χ1v) is 5.64. The molecule has 5 heteroatoms. The van der Waals surface area contributed by atoms with Crippen molar-refractivity contribution in [3.63, 3.8) is 0 Å². The van der Waals surface area contributed by atoms with Crippen LogP contribution in [0.2, 0.25) is 0 Å². The Morgan fingerprint density at radius 2 is 2.00 bits per heavy atom. The number of rotatable bonds is 1. The Bertz CT molecular complexity index is 321. The highest BCUT2D eigenvalue weighted by Gasteiger charge is 2.55. The first-order chi connectivity index (χ1) is 7.46. The molecule has 16 heavy (non-hydrogen) atoms. The Hall–Kier alpha value is -1.10. The van der Waals surface area contributed by atoms with E-state index < -0.39 is 0 Å². The number of amides is 2. The summed E-state index contributed by atoms with van der Waals surface area (Å²) in [6.45, 7) is 4.61. The number of hydrogen-bond acceptors (Lipinski definition) is 3. The summed E-state index contributed by atoms with van der Waals surface area (Å²) in [4.78, 5) is 26.7. The molecule has 0 aliphatic carbocycles. The van der Waals surface area contributed by atoms with Gasteiger partial charge in [-0.05, 0) is 0 Å². The summed E-state index contributed by atoms with van der Waals surface area (Å²) in [7, 11) is 3.57. The van der Waals surface area contributed by atoms with E-state index in [1.165, 1.54) is 0 Å². The van der Waals surface area contributed by atoms with Crippen LogP contribution in [0.4, 0.5) is 0 Å². The summed E-state index contributed by atoms with van der Waals surface area (Å²) < 4.78 is 0. The lowest BCUT2D eigenvalue weighted by molar-refractivity contribution is -0.151. The molecule has 0 unspecified atom stereocenters. The van der Waals surface area contributed by atoms with Gasteiger partial charge in [0.15, 0.2) is 0 Å². The van der Waals surface area contributed by atoms with Crippen molar-refractivity contribution in [2.75, 3.05) is 40.3 Å². The van der Waals surface area contributed by atoms with Gasteiger partial charge in [0.2, 0.25) is 11.8 Å². The van der Waals surface area contributed by atoms with Crippen molar-refractivity contribution >= 4 is 11.8 Å². The largest absolute Gasteiger partial charge is 0.349 e. The van der Waals surface area contributed by atoms with Crippen LogP contribution >= 0.6 is 0 Å². The van der Waals surface area contributed by atoms with Crippen LogP contribution < -0.4 is 5.32 Å². The van der Waals surface area contributed by atoms with Crippen LogP contribution in [0.15, 0.2) is 0 Å². The zero-order valence-electron chi connectivity index (χ0n) is 10.1. The Morgan fingerprint density at radius 3 is 2.50 bits per heavy atom. The Labute approximate surface area is 95.8 Å². The second kappa shape index (κ2) is 3.73. The highest BCUT2D eigenvalue weighted by atomic mass is 16.2. The maximum atomic E-state index is 12.0. The van der Waals surface area contributed by atoms with Gasteiger partial charge in [0.05, 0.1) is 5.92 Å². The second-order valence-corrected chi connectivity index (χ2v) is 5.15. The van der Waals surface area contributed by atoms with Crippen LogP contribution in [0.5, 0.6) is 0 Å². The molecule has 0 aromatic heterocycles. The van der Waals surface area contributed by atoms with E-state index in [4.69, 9.17) is 0 Å². The summed E-state index contributed by atoms with van der Waals surface area (Å²) >= 11 is 0. The third-order valence-electron chi connectivity index (χ3n) is 3.76. The van der Waals surface area contributed by atoms with Crippen LogP contribution in [-0.2, 0) is 9.59 Å². The number of carbonyl (C=O) groups excluding carboxylic acids is 2. The van der Waals surface area contributed by atoms with Crippen LogP contribution in [0.25, 0.3) is 0 Å². The molecule has 2 heterocycles. The van der Waals surface area contributed by atoms with Gasteiger partial charge in [0.1, 0.15) is 0 Å². The quantitative estimate of drug-likeness (QED) is 0.632. The van der Waals surface area contributed by atoms with Gasteiger partial charge < -0.3 is 15.1 Å². The number of hydrogen-bond donors (Lipinski definition) is 1. The maximum absolute atomic E-state index is 12.0. The third-order valence-corrected chi connectivity index (χ3v) is 3.76. The van der Waals surface area contributed by atoms with Gasteiger partial charge in [-0.25, -0.2) is 0 Å². The van der Waals surface area contributed by atoms with Crippen molar-refractivity contribution in [3.05, 3.63) is 0 Å². The monoisotopic (exact) mass is 225 g/mol. The highest BCUT2D eigenvalue weighted by Crippen LogP contribution is 2.41. The molecule has 0 aromatic rings. The molecule has 1 atom stereocenters. The van der Waals surface area contributed by atoms with Crippen molar-refractivity contribution in [2.24, 2.45) is 11.3 Å². The molecule has 2 saturated heterocycles. The van der Waals surface area contributed by atoms with Gasteiger partial charge in [-0.3, -0.25) is 9.59 Å². The van der Waals surface area contributed by atoms with Gasteiger partial charge in [-0.15, -0.1) is 0 Å². The Balaban J connectivity index is 2.06. The molecule has 2 rings (SSSR count). The molecule has 1 N–H and O–H groups in total. The minimum Gasteiger partial charge on any atom is -0.349 e. The molecule has 2 fully saturated rings. The van der Waals surface area contributed by atoms with E-state index in [0.29, 0.717) is 0 Å². The predicted molar refractivity (Wildman–Crippen MR) is 59.7 cm³/mol. The molecule has 90 valence electrons. The maximum Gasteiger partial charge on any atom is 0.227 e. The first kappa shape index (κ1) is 11.4. The summed E-state index contributed by atoms with van der Waals surface area (Å²) in [6, 6.07) is 0. The summed E-state index contributed by atoms with van der Waals surface area (Å²) in [5, 5.41) is 3.27. The number of nitrogens with zero attached hydrogens (tertiary/aromatic N) is 2. The van der Waals surface area contributed by atoms with Crippen molar-refractivity contribution in [3.8, 4) is 0 Å². The normalized spacial score (nSPS) is 26.7. The number of carbonyl (C=O) groups is 2. The molecule has 2 aliphatic rings. The lowest BCUT2D eigenvalue weighted by Gasteiger charge is -2.50. The zero-order chi connectivity index (χ0) is 11.9. The van der Waals surface area contributed by atoms with E-state index in [0.717, 1.165) is 26.2 Å². The fourth-order valence-electron chi connectivity index (χ4n) is 2.73. The van der Waals surface area contributed by atoms with E-state index in [1.807, 2.05) is 4.90 Å². The third kappa shape index (κ3) is 1.59. The fourth-order valence-corrected chi connectivity index (χ4v) is 2.73. The minimum absolute atomic E-state index is 0.00692. The Morgan fingerprint density at radius 1 is 1.38 bits per heavy atom. The molecule has 0 aromatic carbocycles. The SMILES string of the molecule is CC(=O)N1CC2(CNC[C@@H]2C(=O)N(C)C)C1. The van der Waals surface area contributed by atoms with E-state index >= 15 is 0 Å². The van der Waals surface area contributed by atoms with E-state index in [1.54, 1.807) is 25.9 Å². The van der Waals surface area contributed by atoms with Crippen LogP contribution in [0, 0.1) is 11.3 Å². The van der Waals surface area contributed by atoms with Crippen molar-refractivity contribution in [2.45, 2.75) is 6.92 Å². The van der Waals surface area contributed by atoms with Gasteiger partial charge in [0.25, 0.3) is 0 Å². The van der Waals surface area contributed by atoms with Crippen molar-refractivity contribution in [1.82, 2.24) is 15.1 Å². The topological polar surface area (TPSA) is 52.7 Å². The van der Waals surface area contributed by atoms with Gasteiger partial charge >= 0.3 is 0 Å². The summed E-state index contributed by atoms with van der Waals surface area (Å²) in [6.07, 6.45) is 0. The molecule has 0 bridgehead atoms. The number of nitrogens with one attached hydrogen (secondary N) is 1. The van der Waals surface area contributed by atoms with E-state index in [2.05, 4.69) is 5.32 Å². The molecule has 1 spiro atoms. The van der Waals surface area contributed by atoms with Gasteiger partial charge in [-0.1, -0.05) is 0 Å². The molecule has 0 radical (unpaired) electrons. The molecular weight excluding hydrogens is 206 g/mol. The molecule has 0 saturated carbocycles.